The van der Waals surface area contributed by atoms with Gasteiger partial charge in [-0.05, 0) is 38.2 Å². The number of rotatable bonds is 7. The topological polar surface area (TPSA) is 65.6 Å². The van der Waals surface area contributed by atoms with Crippen LogP contribution in [0.4, 0.5) is 23.1 Å². The molecular formula is C19H28N6O. The molecule has 0 bridgehead atoms. The van der Waals surface area contributed by atoms with E-state index >= 15 is 0 Å². The van der Waals surface area contributed by atoms with E-state index in [1.807, 2.05) is 13.0 Å². The van der Waals surface area contributed by atoms with E-state index in [2.05, 4.69) is 61.7 Å². The fourth-order valence-electron chi connectivity index (χ4n) is 2.95. The summed E-state index contributed by atoms with van der Waals surface area (Å²) in [5, 5.41) is 6.53. The van der Waals surface area contributed by atoms with Crippen molar-refractivity contribution in [3.05, 3.63) is 36.0 Å². The number of aromatic nitrogens is 2. The molecule has 0 saturated carbocycles. The van der Waals surface area contributed by atoms with Crippen molar-refractivity contribution in [2.24, 2.45) is 0 Å². The Morgan fingerprint density at radius 1 is 1.08 bits per heavy atom. The average Bonchev–Trinajstić information content (AvgIpc) is 2.63. The minimum absolute atomic E-state index is 0.595. The Balaban J connectivity index is 1.63. The van der Waals surface area contributed by atoms with Gasteiger partial charge in [0.1, 0.15) is 5.82 Å². The molecule has 7 heteroatoms. The van der Waals surface area contributed by atoms with Crippen molar-refractivity contribution in [3.63, 3.8) is 0 Å². The van der Waals surface area contributed by atoms with E-state index in [4.69, 9.17) is 4.74 Å². The molecule has 7 nitrogen and oxygen atoms in total. The molecule has 1 aliphatic rings. The number of piperazine rings is 1. The summed E-state index contributed by atoms with van der Waals surface area (Å²) >= 11 is 0. The van der Waals surface area contributed by atoms with Crippen LogP contribution in [-0.2, 0) is 4.74 Å². The van der Waals surface area contributed by atoms with Crippen LogP contribution in [-0.4, -0.2) is 68.4 Å². The summed E-state index contributed by atoms with van der Waals surface area (Å²) in [5.74, 6) is 1.39. The molecule has 26 heavy (non-hydrogen) atoms. The van der Waals surface area contributed by atoms with Crippen molar-refractivity contribution in [1.82, 2.24) is 14.9 Å². The summed E-state index contributed by atoms with van der Waals surface area (Å²) in [4.78, 5) is 13.8. The molecule has 1 fully saturated rings. The van der Waals surface area contributed by atoms with Crippen LogP contribution in [0.3, 0.4) is 0 Å². The molecule has 2 N–H and O–H groups in total. The van der Waals surface area contributed by atoms with Gasteiger partial charge in [0.05, 0.1) is 6.61 Å². The fraction of sp³-hybridized carbons (Fsp3) is 0.474. The highest BCUT2D eigenvalue weighted by Crippen LogP contribution is 2.21. The lowest BCUT2D eigenvalue weighted by atomic mass is 10.2. The van der Waals surface area contributed by atoms with Crippen LogP contribution in [0.25, 0.3) is 0 Å². The van der Waals surface area contributed by atoms with Crippen LogP contribution in [0, 0.1) is 6.92 Å². The predicted octanol–water partition coefficient (Wildman–Crippen LogP) is 2.34. The summed E-state index contributed by atoms with van der Waals surface area (Å²) in [5.41, 5.74) is 3.16. The second-order valence-corrected chi connectivity index (χ2v) is 6.60. The smallest absolute Gasteiger partial charge is 0.229 e. The number of nitrogens with one attached hydrogen (secondary N) is 2. The summed E-state index contributed by atoms with van der Waals surface area (Å²) in [6.45, 7) is 7.67. The zero-order chi connectivity index (χ0) is 18.4. The van der Waals surface area contributed by atoms with Gasteiger partial charge in [-0.2, -0.15) is 4.98 Å². The maximum Gasteiger partial charge on any atom is 0.229 e. The number of hydrogen-bond acceptors (Lipinski definition) is 7. The Morgan fingerprint density at radius 2 is 1.81 bits per heavy atom. The van der Waals surface area contributed by atoms with Crippen LogP contribution in [0.2, 0.25) is 0 Å². The maximum atomic E-state index is 5.06. The molecule has 0 atom stereocenters. The van der Waals surface area contributed by atoms with Gasteiger partial charge in [-0.25, -0.2) is 4.98 Å². The largest absolute Gasteiger partial charge is 0.383 e. The Bertz CT molecular complexity index is 698. The van der Waals surface area contributed by atoms with Crippen molar-refractivity contribution >= 4 is 23.1 Å². The first kappa shape index (κ1) is 18.4. The molecular weight excluding hydrogens is 328 g/mol. The first-order valence-electron chi connectivity index (χ1n) is 9.03. The van der Waals surface area contributed by atoms with Crippen LogP contribution in [0.1, 0.15) is 5.69 Å². The molecule has 2 aromatic rings. The van der Waals surface area contributed by atoms with Crippen molar-refractivity contribution in [2.75, 3.05) is 69.0 Å². The Kier molecular flexibility index (Phi) is 6.25. The summed E-state index contributed by atoms with van der Waals surface area (Å²) in [7, 11) is 3.86. The normalized spacial score (nSPS) is 15.1. The van der Waals surface area contributed by atoms with E-state index < -0.39 is 0 Å². The van der Waals surface area contributed by atoms with E-state index in [0.717, 1.165) is 43.4 Å². The minimum atomic E-state index is 0.595. The predicted molar refractivity (Wildman–Crippen MR) is 107 cm³/mol. The Labute approximate surface area is 155 Å². The number of anilines is 4. The zero-order valence-corrected chi connectivity index (χ0v) is 15.8. The van der Waals surface area contributed by atoms with Gasteiger partial charge in [-0.3, -0.25) is 0 Å². The molecule has 0 aliphatic carbocycles. The van der Waals surface area contributed by atoms with Crippen molar-refractivity contribution < 1.29 is 4.74 Å². The highest BCUT2D eigenvalue weighted by Gasteiger charge is 2.14. The average molecular weight is 356 g/mol. The number of methoxy groups -OCH3 is 1. The monoisotopic (exact) mass is 356 g/mol. The molecule has 0 radical (unpaired) electrons. The zero-order valence-electron chi connectivity index (χ0n) is 15.8. The maximum absolute atomic E-state index is 5.06. The molecule has 0 unspecified atom stereocenters. The summed E-state index contributed by atoms with van der Waals surface area (Å²) in [6, 6.07) is 10.4. The number of benzene rings is 1. The van der Waals surface area contributed by atoms with Gasteiger partial charge in [0.15, 0.2) is 0 Å². The standard InChI is InChI=1S/C19H28N6O/c1-15-14-18(20-8-13-26-3)23-19(21-15)22-16-4-6-17(7-5-16)25-11-9-24(2)10-12-25/h4-7,14H,8-13H2,1-3H3,(H2,20,21,22,23). The molecule has 140 valence electrons. The molecule has 0 spiro atoms. The van der Waals surface area contributed by atoms with Gasteiger partial charge < -0.3 is 25.2 Å². The van der Waals surface area contributed by atoms with Crippen LogP contribution >= 0.6 is 0 Å². The molecule has 1 aromatic carbocycles. The SMILES string of the molecule is COCCNc1cc(C)nc(Nc2ccc(N3CCN(C)CC3)cc2)n1. The van der Waals surface area contributed by atoms with E-state index in [1.54, 1.807) is 7.11 Å². The van der Waals surface area contributed by atoms with Crippen LogP contribution < -0.4 is 15.5 Å². The van der Waals surface area contributed by atoms with Gasteiger partial charge >= 0.3 is 0 Å². The van der Waals surface area contributed by atoms with Crippen LogP contribution in [0.15, 0.2) is 30.3 Å². The van der Waals surface area contributed by atoms with Gasteiger partial charge in [0, 0.05) is 63.0 Å². The molecule has 0 amide bonds. The number of aryl methyl sites for hydroxylation is 1. The lowest BCUT2D eigenvalue weighted by Crippen LogP contribution is -2.44. The highest BCUT2D eigenvalue weighted by molar-refractivity contribution is 5.60. The quantitative estimate of drug-likeness (QED) is 0.738. The number of likely N-dealkylation sites (N-methyl/N-ethyl adjacent to an activating group) is 1. The molecule has 1 aromatic heterocycles. The van der Waals surface area contributed by atoms with E-state index in [9.17, 15) is 0 Å². The minimum Gasteiger partial charge on any atom is -0.383 e. The highest BCUT2D eigenvalue weighted by atomic mass is 16.5. The third-order valence-corrected chi connectivity index (χ3v) is 4.46. The van der Waals surface area contributed by atoms with Crippen molar-refractivity contribution in [1.29, 1.82) is 0 Å². The van der Waals surface area contributed by atoms with Gasteiger partial charge in [0.2, 0.25) is 5.95 Å². The number of ether oxygens (including phenoxy) is 1. The van der Waals surface area contributed by atoms with E-state index in [-0.39, 0.29) is 0 Å². The first-order valence-corrected chi connectivity index (χ1v) is 9.03. The molecule has 3 rings (SSSR count). The van der Waals surface area contributed by atoms with Crippen LogP contribution in [0.5, 0.6) is 0 Å². The molecule has 2 heterocycles. The molecule has 1 saturated heterocycles. The second-order valence-electron chi connectivity index (χ2n) is 6.60. The van der Waals surface area contributed by atoms with Crippen molar-refractivity contribution in [2.45, 2.75) is 6.92 Å². The lowest BCUT2D eigenvalue weighted by molar-refractivity contribution is 0.210. The first-order chi connectivity index (χ1) is 12.6. The summed E-state index contributed by atoms with van der Waals surface area (Å²) < 4.78 is 5.06. The third kappa shape index (κ3) is 5.06. The fourth-order valence-corrected chi connectivity index (χ4v) is 2.95. The van der Waals surface area contributed by atoms with E-state index in [0.29, 0.717) is 19.1 Å². The van der Waals surface area contributed by atoms with Gasteiger partial charge in [-0.15, -0.1) is 0 Å². The lowest BCUT2D eigenvalue weighted by Gasteiger charge is -2.34. The third-order valence-electron chi connectivity index (χ3n) is 4.46. The van der Waals surface area contributed by atoms with Gasteiger partial charge in [-0.1, -0.05) is 0 Å². The summed E-state index contributed by atoms with van der Waals surface area (Å²) in [6.07, 6.45) is 0. The number of hydrogen-bond donors (Lipinski definition) is 2. The van der Waals surface area contributed by atoms with Crippen molar-refractivity contribution in [3.8, 4) is 0 Å². The molecule has 1 aliphatic heterocycles. The van der Waals surface area contributed by atoms with Gasteiger partial charge in [0.25, 0.3) is 0 Å². The Morgan fingerprint density at radius 3 is 2.50 bits per heavy atom. The Hall–Kier alpha value is -2.38. The number of nitrogens with zero attached hydrogens (tertiary/aromatic N) is 4. The second kappa shape index (κ2) is 8.82. The van der Waals surface area contributed by atoms with E-state index in [1.165, 1.54) is 5.69 Å².